The van der Waals surface area contributed by atoms with Gasteiger partial charge in [0, 0.05) is 12.3 Å². The molecule has 2 rings (SSSR count). The van der Waals surface area contributed by atoms with Gasteiger partial charge in [-0.15, -0.1) is 0 Å². The molecule has 2 amide bonds. The molecule has 0 radical (unpaired) electrons. The standard InChI is InChI=1S/C16H15N3O5/c1-10-12(16(22)23-2)9-11(24-10)6-7-14(20)18-19-15(21)13-5-3-4-8-17-13/h3-9H,1-2H3,(H,18,20)(H,19,21). The van der Waals surface area contributed by atoms with E-state index in [1.807, 2.05) is 0 Å². The van der Waals surface area contributed by atoms with E-state index in [0.717, 1.165) is 6.08 Å². The molecule has 0 fully saturated rings. The van der Waals surface area contributed by atoms with Crippen molar-refractivity contribution in [2.24, 2.45) is 0 Å². The Morgan fingerprint density at radius 1 is 1.25 bits per heavy atom. The number of ether oxygens (including phenoxy) is 1. The zero-order valence-corrected chi connectivity index (χ0v) is 13.0. The summed E-state index contributed by atoms with van der Waals surface area (Å²) in [5, 5.41) is 0. The number of rotatable bonds is 4. The third kappa shape index (κ3) is 4.29. The van der Waals surface area contributed by atoms with Crippen molar-refractivity contribution in [1.29, 1.82) is 0 Å². The van der Waals surface area contributed by atoms with Gasteiger partial charge in [-0.05, 0) is 31.2 Å². The minimum absolute atomic E-state index is 0.172. The number of hydrazine groups is 1. The van der Waals surface area contributed by atoms with Crippen LogP contribution in [0.15, 0.2) is 41.0 Å². The number of amides is 2. The fraction of sp³-hybridized carbons (Fsp3) is 0.125. The van der Waals surface area contributed by atoms with Crippen LogP contribution in [0.25, 0.3) is 6.08 Å². The Morgan fingerprint density at radius 3 is 2.71 bits per heavy atom. The average molecular weight is 329 g/mol. The lowest BCUT2D eigenvalue weighted by molar-refractivity contribution is -0.117. The summed E-state index contributed by atoms with van der Waals surface area (Å²) in [7, 11) is 1.27. The number of carbonyl (C=O) groups excluding carboxylic acids is 3. The Kier molecular flexibility index (Phi) is 5.45. The zero-order chi connectivity index (χ0) is 17.5. The molecular formula is C16H15N3O5. The summed E-state index contributed by atoms with van der Waals surface area (Å²) in [5.41, 5.74) is 4.88. The van der Waals surface area contributed by atoms with E-state index >= 15 is 0 Å². The Labute approximate surface area is 137 Å². The van der Waals surface area contributed by atoms with Gasteiger partial charge >= 0.3 is 5.97 Å². The summed E-state index contributed by atoms with van der Waals surface area (Å²) in [4.78, 5) is 38.7. The molecule has 0 aliphatic carbocycles. The second-order valence-corrected chi connectivity index (χ2v) is 4.60. The van der Waals surface area contributed by atoms with Gasteiger partial charge in [0.15, 0.2) is 0 Å². The summed E-state index contributed by atoms with van der Waals surface area (Å²) in [5.74, 6) is -0.959. The van der Waals surface area contributed by atoms with Gasteiger partial charge in [0.25, 0.3) is 11.8 Å². The monoisotopic (exact) mass is 329 g/mol. The van der Waals surface area contributed by atoms with Gasteiger partial charge in [-0.3, -0.25) is 25.4 Å². The maximum atomic E-state index is 11.7. The van der Waals surface area contributed by atoms with Crippen molar-refractivity contribution in [1.82, 2.24) is 15.8 Å². The van der Waals surface area contributed by atoms with Gasteiger partial charge in [0.05, 0.1) is 7.11 Å². The molecule has 0 unspecified atom stereocenters. The van der Waals surface area contributed by atoms with E-state index in [2.05, 4.69) is 20.6 Å². The average Bonchev–Trinajstić information content (AvgIpc) is 2.98. The lowest BCUT2D eigenvalue weighted by atomic mass is 10.2. The number of esters is 1. The normalized spacial score (nSPS) is 10.4. The number of furan rings is 1. The van der Waals surface area contributed by atoms with Crippen LogP contribution < -0.4 is 10.9 Å². The minimum Gasteiger partial charge on any atom is -0.465 e. The highest BCUT2D eigenvalue weighted by molar-refractivity contribution is 5.97. The van der Waals surface area contributed by atoms with Crippen molar-refractivity contribution in [3.05, 3.63) is 59.3 Å². The summed E-state index contributed by atoms with van der Waals surface area (Å²) in [6, 6.07) is 6.29. The second kappa shape index (κ2) is 7.73. The van der Waals surface area contributed by atoms with Gasteiger partial charge in [0.2, 0.25) is 0 Å². The Bertz CT molecular complexity index is 780. The molecule has 2 N–H and O–H groups in total. The SMILES string of the molecule is COC(=O)c1cc(C=CC(=O)NNC(=O)c2ccccn2)oc1C. The number of methoxy groups -OCH3 is 1. The fourth-order valence-corrected chi connectivity index (χ4v) is 1.78. The van der Waals surface area contributed by atoms with Crippen LogP contribution >= 0.6 is 0 Å². The molecule has 2 aromatic heterocycles. The molecule has 0 atom stereocenters. The molecule has 8 nitrogen and oxygen atoms in total. The van der Waals surface area contributed by atoms with Crippen LogP contribution in [0.1, 0.15) is 32.4 Å². The predicted octanol–water partition coefficient (Wildman–Crippen LogP) is 1.24. The van der Waals surface area contributed by atoms with Crippen molar-refractivity contribution in [3.63, 3.8) is 0 Å². The van der Waals surface area contributed by atoms with Crippen molar-refractivity contribution in [3.8, 4) is 0 Å². The van der Waals surface area contributed by atoms with Crippen LogP contribution in [0.4, 0.5) is 0 Å². The molecule has 0 aliphatic heterocycles. The Morgan fingerprint density at radius 2 is 2.04 bits per heavy atom. The molecule has 0 saturated carbocycles. The summed E-state index contributed by atoms with van der Waals surface area (Å²) >= 11 is 0. The second-order valence-electron chi connectivity index (χ2n) is 4.60. The van der Waals surface area contributed by atoms with Gasteiger partial charge in [-0.1, -0.05) is 6.07 Å². The lowest BCUT2D eigenvalue weighted by Crippen LogP contribution is -2.41. The van der Waals surface area contributed by atoms with Crippen molar-refractivity contribution in [2.75, 3.05) is 7.11 Å². The Hall–Kier alpha value is -3.42. The fourth-order valence-electron chi connectivity index (χ4n) is 1.78. The van der Waals surface area contributed by atoms with E-state index < -0.39 is 17.8 Å². The first-order valence-electron chi connectivity index (χ1n) is 6.89. The maximum absolute atomic E-state index is 11.7. The third-order valence-electron chi connectivity index (χ3n) is 2.94. The topological polar surface area (TPSA) is 111 Å². The number of hydrogen-bond acceptors (Lipinski definition) is 6. The quantitative estimate of drug-likeness (QED) is 0.496. The van der Waals surface area contributed by atoms with E-state index in [1.165, 1.54) is 31.5 Å². The highest BCUT2D eigenvalue weighted by Crippen LogP contribution is 2.16. The molecule has 124 valence electrons. The Balaban J connectivity index is 1.91. The highest BCUT2D eigenvalue weighted by Gasteiger charge is 2.14. The van der Waals surface area contributed by atoms with Crippen molar-refractivity contribution < 1.29 is 23.5 Å². The van der Waals surface area contributed by atoms with Crippen LogP contribution in [0, 0.1) is 6.92 Å². The predicted molar refractivity (Wildman–Crippen MR) is 83.7 cm³/mol. The van der Waals surface area contributed by atoms with E-state index in [4.69, 9.17) is 4.42 Å². The molecular weight excluding hydrogens is 314 g/mol. The third-order valence-corrected chi connectivity index (χ3v) is 2.94. The first kappa shape index (κ1) is 16.9. The van der Waals surface area contributed by atoms with Gasteiger partial charge in [-0.2, -0.15) is 0 Å². The van der Waals surface area contributed by atoms with Crippen LogP contribution in [0.3, 0.4) is 0 Å². The van der Waals surface area contributed by atoms with Crippen LogP contribution in [0.5, 0.6) is 0 Å². The van der Waals surface area contributed by atoms with Crippen molar-refractivity contribution >= 4 is 23.9 Å². The maximum Gasteiger partial charge on any atom is 0.341 e. The number of hydrogen-bond donors (Lipinski definition) is 2. The highest BCUT2D eigenvalue weighted by atomic mass is 16.5. The molecule has 8 heteroatoms. The van der Waals surface area contributed by atoms with E-state index in [1.54, 1.807) is 19.1 Å². The molecule has 2 aromatic rings. The summed E-state index contributed by atoms with van der Waals surface area (Å²) in [6.45, 7) is 1.61. The van der Waals surface area contributed by atoms with Crippen LogP contribution in [-0.4, -0.2) is 29.9 Å². The molecule has 0 spiro atoms. The minimum atomic E-state index is -0.576. The van der Waals surface area contributed by atoms with E-state index in [9.17, 15) is 14.4 Å². The number of aryl methyl sites for hydroxylation is 1. The number of aromatic nitrogens is 1. The molecule has 0 saturated heterocycles. The number of pyridine rings is 1. The summed E-state index contributed by atoms with van der Waals surface area (Å²) < 4.78 is 9.93. The smallest absolute Gasteiger partial charge is 0.341 e. The summed E-state index contributed by atoms with van der Waals surface area (Å²) in [6.07, 6.45) is 3.98. The molecule has 0 aliphatic rings. The number of carbonyl (C=O) groups is 3. The lowest BCUT2D eigenvalue weighted by Gasteiger charge is -2.03. The van der Waals surface area contributed by atoms with E-state index in [-0.39, 0.29) is 11.3 Å². The zero-order valence-electron chi connectivity index (χ0n) is 13.0. The van der Waals surface area contributed by atoms with Gasteiger partial charge in [-0.25, -0.2) is 4.79 Å². The largest absolute Gasteiger partial charge is 0.465 e. The van der Waals surface area contributed by atoms with Crippen LogP contribution in [-0.2, 0) is 9.53 Å². The molecule has 0 aromatic carbocycles. The number of nitrogens with zero attached hydrogens (tertiary/aromatic N) is 1. The first-order chi connectivity index (χ1) is 11.5. The van der Waals surface area contributed by atoms with Crippen LogP contribution in [0.2, 0.25) is 0 Å². The van der Waals surface area contributed by atoms with Gasteiger partial charge < -0.3 is 9.15 Å². The van der Waals surface area contributed by atoms with Gasteiger partial charge in [0.1, 0.15) is 22.8 Å². The molecule has 24 heavy (non-hydrogen) atoms. The molecule has 2 heterocycles. The number of nitrogens with one attached hydrogen (secondary N) is 2. The van der Waals surface area contributed by atoms with E-state index in [0.29, 0.717) is 11.5 Å². The molecule has 0 bridgehead atoms. The first-order valence-corrected chi connectivity index (χ1v) is 6.89. The van der Waals surface area contributed by atoms with Crippen molar-refractivity contribution in [2.45, 2.75) is 6.92 Å².